The van der Waals surface area contributed by atoms with Crippen LogP contribution in [-0.2, 0) is 19.1 Å². The van der Waals surface area contributed by atoms with Gasteiger partial charge in [-0.3, -0.25) is 14.6 Å². The van der Waals surface area contributed by atoms with Crippen LogP contribution in [0.4, 0.5) is 0 Å². The molecule has 3 heterocycles. The Balaban J connectivity index is -0.000000470. The number of carbonyl (C=O) groups is 3. The lowest BCUT2D eigenvalue weighted by molar-refractivity contribution is -0.147. The lowest BCUT2D eigenvalue weighted by Crippen LogP contribution is -2.44. The number of hydrogen-bond donors (Lipinski definition) is 2. The van der Waals surface area contributed by atoms with E-state index >= 15 is 0 Å². The lowest BCUT2D eigenvalue weighted by Gasteiger charge is -2.20. The molecule has 9 nitrogen and oxygen atoms in total. The minimum atomic E-state index is -0.984. The van der Waals surface area contributed by atoms with E-state index in [2.05, 4.69) is 66.9 Å². The van der Waals surface area contributed by atoms with Crippen molar-refractivity contribution >= 4 is 29.6 Å². The van der Waals surface area contributed by atoms with E-state index in [1.165, 1.54) is 4.90 Å². The fourth-order valence-corrected chi connectivity index (χ4v) is 3.31. The molecule has 1 aliphatic rings. The van der Waals surface area contributed by atoms with E-state index < -0.39 is 12.0 Å². The summed E-state index contributed by atoms with van der Waals surface area (Å²) in [5, 5.41) is 15.1. The second kappa shape index (κ2) is 26.2. The fraction of sp³-hybridized carbons (Fsp3) is 0.429. The van der Waals surface area contributed by atoms with E-state index in [4.69, 9.17) is 9.84 Å². The predicted octanol–water partition coefficient (Wildman–Crippen LogP) is 4.05. The van der Waals surface area contributed by atoms with Crippen molar-refractivity contribution in [3.05, 3.63) is 35.2 Å². The van der Waals surface area contributed by atoms with E-state index in [9.17, 15) is 14.4 Å². The van der Waals surface area contributed by atoms with Crippen molar-refractivity contribution in [3.8, 4) is 42.7 Å². The maximum Gasteiger partial charge on any atom is 0.326 e. The smallest absolute Gasteiger partial charge is 0.326 e. The number of likely N-dealkylation sites (tertiary alicyclic amines) is 1. The second-order valence-corrected chi connectivity index (χ2v) is 8.60. The average Bonchev–Trinajstić information content (AvgIpc) is 3.63. The highest BCUT2D eigenvalue weighted by Crippen LogP contribution is 2.23. The first-order valence-electron chi connectivity index (χ1n) is 11.5. The molecule has 210 valence electrons. The number of aliphatic carboxylic acids is 1. The summed E-state index contributed by atoms with van der Waals surface area (Å²) in [7, 11) is 4.91. The Morgan fingerprint density at radius 1 is 1.21 bits per heavy atom. The molecule has 1 aliphatic heterocycles. The number of aromatic nitrogens is 1. The number of ether oxygens (including phenoxy) is 2. The molecule has 0 bridgehead atoms. The summed E-state index contributed by atoms with van der Waals surface area (Å²) in [6.07, 6.45) is 19.4. The standard InChI is InChI=1S/C10H9NOS.C8H12N2O4.C4H10.C2H6O.2C2H2/c1-12-9-2-4-11-10(6-9)8-3-5-13-7-8;11-5-9-4-7(12)10-3-1-2-6(10)8(13)14;1-4(2)3;1-3-2;2*1-2/h2-7H,1H3;5-6H,1-4H2,(H,9,11)(H,13,14);4H,1-3H3;1-2H3;2*1-2H/t;6-;;;;/m.0..../s1. The summed E-state index contributed by atoms with van der Waals surface area (Å²) < 4.78 is 9.37. The number of nitrogens with zero attached hydrogens (tertiary/aromatic N) is 2. The molecule has 0 aliphatic carbocycles. The summed E-state index contributed by atoms with van der Waals surface area (Å²) in [5.74, 6) is 0.347. The van der Waals surface area contributed by atoms with Crippen molar-refractivity contribution in [1.29, 1.82) is 0 Å². The van der Waals surface area contributed by atoms with E-state index in [1.807, 2.05) is 23.6 Å². The van der Waals surface area contributed by atoms with Gasteiger partial charge in [0.25, 0.3) is 0 Å². The van der Waals surface area contributed by atoms with Gasteiger partial charge >= 0.3 is 5.97 Å². The molecule has 0 saturated carbocycles. The molecular weight excluding hydrogens is 506 g/mol. The van der Waals surface area contributed by atoms with Crippen molar-refractivity contribution in [2.24, 2.45) is 5.92 Å². The van der Waals surface area contributed by atoms with E-state index in [1.54, 1.807) is 38.9 Å². The quantitative estimate of drug-likeness (QED) is 0.414. The zero-order chi connectivity index (χ0) is 29.9. The van der Waals surface area contributed by atoms with Crippen LogP contribution in [0, 0.1) is 31.6 Å². The number of methoxy groups -OCH3 is 2. The van der Waals surface area contributed by atoms with Crippen LogP contribution in [0.3, 0.4) is 0 Å². The molecule has 2 aromatic heterocycles. The van der Waals surface area contributed by atoms with E-state index in [0.29, 0.717) is 25.8 Å². The molecule has 0 aromatic carbocycles. The van der Waals surface area contributed by atoms with Gasteiger partial charge in [-0.15, -0.1) is 25.7 Å². The predicted molar refractivity (Wildman–Crippen MR) is 154 cm³/mol. The normalized spacial score (nSPS) is 12.5. The Hall–Kier alpha value is -3.86. The molecule has 0 unspecified atom stereocenters. The molecule has 3 rings (SSSR count). The van der Waals surface area contributed by atoms with Crippen LogP contribution in [-0.4, -0.2) is 73.7 Å². The van der Waals surface area contributed by atoms with Gasteiger partial charge in [0, 0.05) is 44.0 Å². The number of carbonyl (C=O) groups excluding carboxylic acids is 2. The van der Waals surface area contributed by atoms with Gasteiger partial charge in [-0.2, -0.15) is 11.3 Å². The SMILES string of the molecule is C#C.C#C.CC(C)C.COC.COc1ccnc(-c2ccsc2)c1.O=CNCC(=O)N1CCC[C@H]1C(=O)O. The zero-order valence-electron chi connectivity index (χ0n) is 23.1. The molecule has 1 fully saturated rings. The Morgan fingerprint density at radius 3 is 2.24 bits per heavy atom. The Morgan fingerprint density at radius 2 is 1.79 bits per heavy atom. The minimum absolute atomic E-state index is 0.132. The number of hydrogen-bond acceptors (Lipinski definition) is 7. The second-order valence-electron chi connectivity index (χ2n) is 7.82. The lowest BCUT2D eigenvalue weighted by atomic mass is 10.2. The van der Waals surface area contributed by atoms with Gasteiger partial charge in [0.15, 0.2) is 0 Å². The van der Waals surface area contributed by atoms with Crippen molar-refractivity contribution in [3.63, 3.8) is 0 Å². The van der Waals surface area contributed by atoms with Gasteiger partial charge in [0.2, 0.25) is 12.3 Å². The largest absolute Gasteiger partial charge is 0.497 e. The summed E-state index contributed by atoms with van der Waals surface area (Å²) in [6.45, 7) is 6.82. The molecule has 0 radical (unpaired) electrons. The first-order chi connectivity index (χ1) is 18.2. The number of amides is 2. The first kappa shape index (κ1) is 38.7. The van der Waals surface area contributed by atoms with Crippen LogP contribution < -0.4 is 10.1 Å². The third-order valence-corrected chi connectivity index (χ3v) is 4.66. The highest BCUT2D eigenvalue weighted by atomic mass is 32.1. The highest BCUT2D eigenvalue weighted by molar-refractivity contribution is 7.08. The van der Waals surface area contributed by atoms with Gasteiger partial charge in [-0.1, -0.05) is 20.8 Å². The Labute approximate surface area is 231 Å². The van der Waals surface area contributed by atoms with Crippen LogP contribution in [0.25, 0.3) is 11.3 Å². The monoisotopic (exact) mass is 547 g/mol. The summed E-state index contributed by atoms with van der Waals surface area (Å²) in [6, 6.07) is 5.10. The van der Waals surface area contributed by atoms with Crippen molar-refractivity contribution in [1.82, 2.24) is 15.2 Å². The third-order valence-electron chi connectivity index (χ3n) is 3.98. The maximum absolute atomic E-state index is 11.4. The van der Waals surface area contributed by atoms with Gasteiger partial charge in [0.1, 0.15) is 11.8 Å². The summed E-state index contributed by atoms with van der Waals surface area (Å²) in [4.78, 5) is 37.6. The van der Waals surface area contributed by atoms with Crippen LogP contribution in [0.5, 0.6) is 5.75 Å². The van der Waals surface area contributed by atoms with Gasteiger partial charge < -0.3 is 24.8 Å². The molecule has 2 amide bonds. The number of carboxylic acids is 1. The summed E-state index contributed by atoms with van der Waals surface area (Å²) >= 11 is 1.67. The molecular formula is C28H41N3O6S. The molecule has 2 N–H and O–H groups in total. The molecule has 1 saturated heterocycles. The number of terminal acetylenes is 2. The Kier molecular flexibility index (Phi) is 26.7. The van der Waals surface area contributed by atoms with Crippen molar-refractivity contribution < 1.29 is 29.0 Å². The maximum atomic E-state index is 11.4. The van der Waals surface area contributed by atoms with E-state index in [-0.39, 0.29) is 12.5 Å². The molecule has 2 aromatic rings. The van der Waals surface area contributed by atoms with Crippen LogP contribution in [0.15, 0.2) is 35.2 Å². The number of pyridine rings is 1. The number of thiophene rings is 1. The number of nitrogens with one attached hydrogen (secondary N) is 1. The molecule has 0 spiro atoms. The van der Waals surface area contributed by atoms with Gasteiger partial charge in [-0.25, -0.2) is 4.79 Å². The van der Waals surface area contributed by atoms with Gasteiger partial charge in [-0.05, 0) is 36.3 Å². The van der Waals surface area contributed by atoms with Gasteiger partial charge in [0.05, 0.1) is 19.3 Å². The number of rotatable bonds is 6. The van der Waals surface area contributed by atoms with E-state index in [0.717, 1.165) is 22.9 Å². The molecule has 1 atom stereocenters. The Bertz CT molecular complexity index is 905. The minimum Gasteiger partial charge on any atom is -0.497 e. The average molecular weight is 548 g/mol. The van der Waals surface area contributed by atoms with Crippen LogP contribution in [0.1, 0.15) is 33.6 Å². The zero-order valence-corrected chi connectivity index (χ0v) is 23.9. The topological polar surface area (TPSA) is 118 Å². The van der Waals surface area contributed by atoms with Crippen LogP contribution >= 0.6 is 11.3 Å². The van der Waals surface area contributed by atoms with Crippen molar-refractivity contribution in [2.75, 3.05) is 34.4 Å². The van der Waals surface area contributed by atoms with Crippen molar-refractivity contribution in [2.45, 2.75) is 39.7 Å². The fourth-order valence-electron chi connectivity index (χ4n) is 2.66. The highest BCUT2D eigenvalue weighted by Gasteiger charge is 2.33. The number of carboxylic acid groups (broad SMARTS) is 1. The molecule has 38 heavy (non-hydrogen) atoms. The third kappa shape index (κ3) is 18.4. The first-order valence-corrected chi connectivity index (χ1v) is 12.4. The molecule has 10 heteroatoms. The van der Waals surface area contributed by atoms with Crippen LogP contribution in [0.2, 0.25) is 0 Å². The summed E-state index contributed by atoms with van der Waals surface area (Å²) in [5.41, 5.74) is 2.10.